The van der Waals surface area contributed by atoms with Crippen LogP contribution in [0.4, 0.5) is 0 Å². The van der Waals surface area contributed by atoms with Crippen molar-refractivity contribution in [2.75, 3.05) is 6.61 Å². The summed E-state index contributed by atoms with van der Waals surface area (Å²) in [5.74, 6) is -0.428. The Morgan fingerprint density at radius 3 is 2.57 bits per heavy atom. The molecule has 6 nitrogen and oxygen atoms in total. The van der Waals surface area contributed by atoms with Crippen molar-refractivity contribution in [3.63, 3.8) is 0 Å². The van der Waals surface area contributed by atoms with E-state index in [0.717, 1.165) is 20.8 Å². The van der Waals surface area contributed by atoms with Crippen LogP contribution in [0.25, 0.3) is 10.2 Å². The van der Waals surface area contributed by atoms with Crippen LogP contribution in [0.3, 0.4) is 0 Å². The second kappa shape index (κ2) is 10.7. The Kier molecular flexibility index (Phi) is 7.72. The summed E-state index contributed by atoms with van der Waals surface area (Å²) in [6, 6.07) is 18.4. The summed E-state index contributed by atoms with van der Waals surface area (Å²) in [4.78, 5) is 27.5. The summed E-state index contributed by atoms with van der Waals surface area (Å²) in [5.41, 5.74) is 0.383. The van der Waals surface area contributed by atoms with Crippen LogP contribution in [0.15, 0.2) is 71.7 Å². The van der Waals surface area contributed by atoms with Crippen LogP contribution < -0.4 is 10.7 Å². The SMILES string of the molecule is CC[C@@](O)(COCc1cc2c(=O)c(C(=O)NCc3ccc(Cl)cc3)cn(C)c2s1)c1ccccc1. The summed E-state index contributed by atoms with van der Waals surface area (Å²) in [6.45, 7) is 2.60. The van der Waals surface area contributed by atoms with Crippen molar-refractivity contribution in [1.82, 2.24) is 9.88 Å². The van der Waals surface area contributed by atoms with E-state index in [9.17, 15) is 14.7 Å². The van der Waals surface area contributed by atoms with Gasteiger partial charge in [0.1, 0.15) is 16.0 Å². The molecule has 0 aliphatic heterocycles. The Bertz CT molecular complexity index is 1380. The van der Waals surface area contributed by atoms with E-state index in [1.165, 1.54) is 11.3 Å². The first-order chi connectivity index (χ1) is 16.8. The first-order valence-electron chi connectivity index (χ1n) is 11.3. The molecule has 0 bridgehead atoms. The van der Waals surface area contributed by atoms with E-state index in [0.29, 0.717) is 23.4 Å². The number of aromatic nitrogens is 1. The molecular formula is C27H27ClN2O4S. The highest BCUT2D eigenvalue weighted by Crippen LogP contribution is 2.28. The zero-order valence-corrected chi connectivity index (χ0v) is 21.2. The number of nitrogens with zero attached hydrogens (tertiary/aromatic N) is 1. The van der Waals surface area contributed by atoms with Gasteiger partial charge in [-0.2, -0.15) is 0 Å². The predicted octanol–water partition coefficient (Wildman–Crippen LogP) is 5.00. The molecule has 0 aliphatic carbocycles. The Hall–Kier alpha value is -2.97. The van der Waals surface area contributed by atoms with E-state index in [2.05, 4.69) is 5.32 Å². The number of nitrogens with one attached hydrogen (secondary N) is 1. The number of aryl methyl sites for hydroxylation is 1. The second-order valence-electron chi connectivity index (χ2n) is 8.47. The van der Waals surface area contributed by atoms with Gasteiger partial charge in [0.15, 0.2) is 0 Å². The van der Waals surface area contributed by atoms with Crippen molar-refractivity contribution < 1.29 is 14.6 Å². The number of pyridine rings is 1. The third-order valence-electron chi connectivity index (χ3n) is 5.99. The number of hydrogen-bond acceptors (Lipinski definition) is 5. The van der Waals surface area contributed by atoms with Gasteiger partial charge >= 0.3 is 0 Å². The fourth-order valence-corrected chi connectivity index (χ4v) is 5.03. The molecule has 0 unspecified atom stereocenters. The van der Waals surface area contributed by atoms with E-state index >= 15 is 0 Å². The van der Waals surface area contributed by atoms with Gasteiger partial charge in [0.05, 0.1) is 18.6 Å². The first kappa shape index (κ1) is 25.1. The quantitative estimate of drug-likeness (QED) is 0.332. The normalized spacial score (nSPS) is 13.0. The zero-order chi connectivity index (χ0) is 25.0. The molecule has 1 atom stereocenters. The second-order valence-corrected chi connectivity index (χ2v) is 10.0. The molecule has 2 heterocycles. The third kappa shape index (κ3) is 5.65. The number of aliphatic hydroxyl groups is 1. The first-order valence-corrected chi connectivity index (χ1v) is 12.5. The number of carbonyl (C=O) groups is 1. The van der Waals surface area contributed by atoms with Crippen LogP contribution >= 0.6 is 22.9 Å². The number of rotatable bonds is 9. The monoisotopic (exact) mass is 510 g/mol. The molecule has 4 aromatic rings. The molecule has 0 saturated carbocycles. The van der Waals surface area contributed by atoms with Gasteiger partial charge in [-0.3, -0.25) is 9.59 Å². The Morgan fingerprint density at radius 1 is 1.17 bits per heavy atom. The smallest absolute Gasteiger partial charge is 0.257 e. The topological polar surface area (TPSA) is 80.6 Å². The fraction of sp³-hybridized carbons (Fsp3) is 0.259. The van der Waals surface area contributed by atoms with Gasteiger partial charge in [0, 0.05) is 29.7 Å². The van der Waals surface area contributed by atoms with Gasteiger partial charge in [0.25, 0.3) is 5.91 Å². The van der Waals surface area contributed by atoms with Crippen LogP contribution in [-0.2, 0) is 30.5 Å². The maximum atomic E-state index is 13.1. The molecule has 4 rings (SSSR count). The van der Waals surface area contributed by atoms with Gasteiger partial charge in [-0.25, -0.2) is 0 Å². The lowest BCUT2D eigenvalue weighted by Gasteiger charge is -2.27. The van der Waals surface area contributed by atoms with Crippen LogP contribution in [0.1, 0.15) is 39.7 Å². The number of halogens is 1. The van der Waals surface area contributed by atoms with Crippen molar-refractivity contribution in [2.45, 2.75) is 32.1 Å². The minimum Gasteiger partial charge on any atom is -0.383 e. The van der Waals surface area contributed by atoms with Crippen LogP contribution in [0, 0.1) is 0 Å². The largest absolute Gasteiger partial charge is 0.383 e. The Labute approximate surface area is 212 Å². The number of thiophene rings is 1. The van der Waals surface area contributed by atoms with E-state index in [1.54, 1.807) is 29.0 Å². The molecule has 0 aliphatic rings. The maximum absolute atomic E-state index is 13.1. The number of amides is 1. The molecule has 182 valence electrons. The molecule has 8 heteroatoms. The lowest BCUT2D eigenvalue weighted by Crippen LogP contribution is -2.30. The highest BCUT2D eigenvalue weighted by Gasteiger charge is 2.27. The Morgan fingerprint density at radius 2 is 1.89 bits per heavy atom. The van der Waals surface area contributed by atoms with Crippen LogP contribution in [0.2, 0.25) is 5.02 Å². The number of ether oxygens (including phenoxy) is 1. The van der Waals surface area contributed by atoms with Crippen molar-refractivity contribution >= 4 is 39.1 Å². The number of carbonyl (C=O) groups excluding carboxylic acids is 1. The fourth-order valence-electron chi connectivity index (χ4n) is 3.88. The van der Waals surface area contributed by atoms with Gasteiger partial charge in [-0.05, 0) is 35.7 Å². The van der Waals surface area contributed by atoms with Crippen molar-refractivity contribution in [3.8, 4) is 0 Å². The molecule has 2 aromatic heterocycles. The summed E-state index contributed by atoms with van der Waals surface area (Å²) in [7, 11) is 1.81. The lowest BCUT2D eigenvalue weighted by atomic mass is 9.92. The van der Waals surface area contributed by atoms with Crippen LogP contribution in [-0.4, -0.2) is 22.2 Å². The minimum absolute atomic E-state index is 0.0867. The Balaban J connectivity index is 1.47. The van der Waals surface area contributed by atoms with Crippen molar-refractivity contribution in [2.24, 2.45) is 7.05 Å². The average molecular weight is 511 g/mol. The number of fused-ring (bicyclic) bond motifs is 1. The number of benzene rings is 2. The summed E-state index contributed by atoms with van der Waals surface area (Å²) >= 11 is 7.34. The highest BCUT2D eigenvalue weighted by atomic mass is 35.5. The van der Waals surface area contributed by atoms with Crippen molar-refractivity contribution in [3.05, 3.63) is 104 Å². The van der Waals surface area contributed by atoms with E-state index in [-0.39, 0.29) is 24.2 Å². The predicted molar refractivity (Wildman–Crippen MR) is 140 cm³/mol. The molecule has 2 aromatic carbocycles. The molecule has 2 N–H and O–H groups in total. The molecular weight excluding hydrogens is 484 g/mol. The maximum Gasteiger partial charge on any atom is 0.257 e. The molecule has 35 heavy (non-hydrogen) atoms. The molecule has 0 radical (unpaired) electrons. The van der Waals surface area contributed by atoms with Crippen LogP contribution in [0.5, 0.6) is 0 Å². The standard InChI is InChI=1S/C27H27ClN2O4S/c1-3-27(33,19-7-5-4-6-8-19)17-34-16-21-13-22-24(31)23(15-30(2)26(22)35-21)25(32)29-14-18-9-11-20(28)12-10-18/h4-13,15,33H,3,14,16-17H2,1-2H3,(H,29,32)/t27-/m1/s1. The molecule has 1 amide bonds. The summed E-state index contributed by atoms with van der Waals surface area (Å²) in [6.07, 6.45) is 2.08. The van der Waals surface area contributed by atoms with E-state index < -0.39 is 11.5 Å². The molecule has 0 spiro atoms. The average Bonchev–Trinajstić information content (AvgIpc) is 3.31. The molecule has 0 fully saturated rings. The van der Waals surface area contributed by atoms with E-state index in [1.807, 2.05) is 56.4 Å². The van der Waals surface area contributed by atoms with Gasteiger partial charge in [0.2, 0.25) is 5.43 Å². The zero-order valence-electron chi connectivity index (χ0n) is 19.6. The van der Waals surface area contributed by atoms with Gasteiger partial charge in [-0.15, -0.1) is 11.3 Å². The summed E-state index contributed by atoms with van der Waals surface area (Å²) in [5, 5.41) is 14.9. The minimum atomic E-state index is -1.08. The van der Waals surface area contributed by atoms with Gasteiger partial charge < -0.3 is 19.7 Å². The summed E-state index contributed by atoms with van der Waals surface area (Å²) < 4.78 is 7.66. The van der Waals surface area contributed by atoms with Gasteiger partial charge in [-0.1, -0.05) is 61.0 Å². The highest BCUT2D eigenvalue weighted by molar-refractivity contribution is 7.18. The van der Waals surface area contributed by atoms with Crippen molar-refractivity contribution in [1.29, 1.82) is 0 Å². The number of hydrogen-bond donors (Lipinski definition) is 2. The molecule has 0 saturated heterocycles. The third-order valence-corrected chi connectivity index (χ3v) is 7.44. The van der Waals surface area contributed by atoms with E-state index in [4.69, 9.17) is 16.3 Å². The lowest BCUT2D eigenvalue weighted by molar-refractivity contribution is -0.0583.